The third-order valence-corrected chi connectivity index (χ3v) is 1.47. The maximum atomic E-state index is 10.2. The number of Topliss-reactive ketones (excluding diaryl/α,β-unsaturated/α-hetero) is 2. The molecule has 1 radical (unpaired) electrons. The number of rotatable bonds is 4. The van der Waals surface area contributed by atoms with Crippen molar-refractivity contribution >= 4 is 31.2 Å². The molecule has 109 valence electrons. The van der Waals surface area contributed by atoms with Crippen LogP contribution in [0.1, 0.15) is 27.7 Å². The summed E-state index contributed by atoms with van der Waals surface area (Å²) in [6.45, 7) is 6.21. The Hall–Kier alpha value is -1.74. The molecule has 0 bridgehead atoms. The molecule has 0 aliphatic heterocycles. The zero-order valence-corrected chi connectivity index (χ0v) is 11.2. The third kappa shape index (κ3) is 16.3. The number of ketones is 2. The van der Waals surface area contributed by atoms with E-state index in [1.165, 1.54) is 0 Å². The number of aliphatic carboxylic acids is 2. The van der Waals surface area contributed by atoms with Crippen molar-refractivity contribution in [2.75, 3.05) is 0 Å². The smallest absolute Gasteiger partial charge is 0.475 e. The van der Waals surface area contributed by atoms with Crippen molar-refractivity contribution in [3.63, 3.8) is 0 Å². The van der Waals surface area contributed by atoms with Gasteiger partial charge in [0.2, 0.25) is 11.6 Å². The van der Waals surface area contributed by atoms with Crippen molar-refractivity contribution in [2.24, 2.45) is 11.8 Å². The fourth-order valence-corrected chi connectivity index (χ4v) is 0.494. The molecule has 0 heterocycles. The summed E-state index contributed by atoms with van der Waals surface area (Å²) in [5.74, 6) is -4.95. The lowest BCUT2D eigenvalue weighted by Crippen LogP contribution is -2.18. The number of hydrogen-bond acceptors (Lipinski definition) is 6. The number of hydrogen-bond donors (Lipinski definition) is 4. The molecule has 8 nitrogen and oxygen atoms in total. The van der Waals surface area contributed by atoms with Crippen molar-refractivity contribution in [1.29, 1.82) is 0 Å². The lowest BCUT2D eigenvalue weighted by molar-refractivity contribution is -0.150. The molecule has 9 heteroatoms. The fraction of sp³-hybridized carbons (Fsp3) is 0.600. The summed E-state index contributed by atoms with van der Waals surface area (Å²) in [7, 11) is 0. The van der Waals surface area contributed by atoms with Crippen LogP contribution >= 0.6 is 0 Å². The predicted octanol–water partition coefficient (Wildman–Crippen LogP) is -0.903. The lowest BCUT2D eigenvalue weighted by Gasteiger charge is -1.93. The second kappa shape index (κ2) is 12.7. The standard InChI is InChI=1S/2C5H8O3.BH2O2/c2*1-3(2)4(6)5(7)8;2-1-3/h2*3H,1-2H3,(H,7,8);2-3H. The van der Waals surface area contributed by atoms with Crippen molar-refractivity contribution in [3.8, 4) is 0 Å². The Balaban J connectivity index is -0.000000224. The van der Waals surface area contributed by atoms with Gasteiger partial charge in [0.1, 0.15) is 0 Å². The van der Waals surface area contributed by atoms with Crippen LogP contribution < -0.4 is 0 Å². The second-order valence-electron chi connectivity index (χ2n) is 3.76. The Bertz CT molecular complexity index is 281. The minimum atomic E-state index is -1.35. The molecule has 0 unspecified atom stereocenters. The molecular weight excluding hydrogens is 259 g/mol. The van der Waals surface area contributed by atoms with Gasteiger partial charge in [0.15, 0.2) is 0 Å². The van der Waals surface area contributed by atoms with Crippen LogP contribution in [0.4, 0.5) is 0 Å². The average molecular weight is 277 g/mol. The number of carbonyl (C=O) groups excluding carboxylic acids is 2. The fourth-order valence-electron chi connectivity index (χ4n) is 0.494. The van der Waals surface area contributed by atoms with Gasteiger partial charge in [-0.1, -0.05) is 27.7 Å². The maximum absolute atomic E-state index is 10.2. The zero-order chi connectivity index (χ0) is 16.2. The van der Waals surface area contributed by atoms with E-state index in [1.54, 1.807) is 27.7 Å². The molecule has 4 N–H and O–H groups in total. The van der Waals surface area contributed by atoms with Crippen LogP contribution in [0.25, 0.3) is 0 Å². The van der Waals surface area contributed by atoms with Crippen LogP contribution in [0.2, 0.25) is 0 Å². The van der Waals surface area contributed by atoms with Crippen molar-refractivity contribution < 1.29 is 39.4 Å². The van der Waals surface area contributed by atoms with Gasteiger partial charge in [-0.25, -0.2) is 9.59 Å². The first-order valence-corrected chi connectivity index (χ1v) is 5.17. The van der Waals surface area contributed by atoms with Gasteiger partial charge in [-0.15, -0.1) is 0 Å². The van der Waals surface area contributed by atoms with E-state index in [1.807, 2.05) is 0 Å². The summed E-state index contributed by atoms with van der Waals surface area (Å²) in [5, 5.41) is 30.0. The van der Waals surface area contributed by atoms with Gasteiger partial charge in [-0.05, 0) is 0 Å². The van der Waals surface area contributed by atoms with E-state index in [9.17, 15) is 19.2 Å². The largest absolute Gasteiger partial charge is 0.482 e. The highest BCUT2D eigenvalue weighted by Crippen LogP contribution is 1.92. The molecule has 0 aromatic carbocycles. The van der Waals surface area contributed by atoms with Gasteiger partial charge in [0.25, 0.3) is 0 Å². The van der Waals surface area contributed by atoms with E-state index < -0.39 is 35.3 Å². The van der Waals surface area contributed by atoms with Crippen LogP contribution in [0.3, 0.4) is 0 Å². The van der Waals surface area contributed by atoms with E-state index in [2.05, 4.69) is 0 Å². The Morgan fingerprint density at radius 2 is 0.895 bits per heavy atom. The third-order valence-electron chi connectivity index (χ3n) is 1.47. The number of carboxylic acids is 2. The summed E-state index contributed by atoms with van der Waals surface area (Å²) < 4.78 is 0. The average Bonchev–Trinajstić information content (AvgIpc) is 2.28. The normalized spacial score (nSPS) is 8.63. The van der Waals surface area contributed by atoms with Crippen LogP contribution in [0.15, 0.2) is 0 Å². The first kappa shape index (κ1) is 22.4. The molecule has 0 atom stereocenters. The predicted molar refractivity (Wildman–Crippen MR) is 65.2 cm³/mol. The molecule has 0 aromatic heterocycles. The van der Waals surface area contributed by atoms with Gasteiger partial charge in [-0.2, -0.15) is 0 Å². The van der Waals surface area contributed by atoms with Crippen LogP contribution in [0.5, 0.6) is 0 Å². The quantitative estimate of drug-likeness (QED) is 0.381. The van der Waals surface area contributed by atoms with E-state index in [0.717, 1.165) is 0 Å². The molecule has 0 saturated heterocycles. The van der Waals surface area contributed by atoms with Crippen LogP contribution in [-0.4, -0.2) is 51.5 Å². The summed E-state index contributed by atoms with van der Waals surface area (Å²) in [4.78, 5) is 40.1. The molecule has 0 aliphatic rings. The minimum Gasteiger partial charge on any atom is -0.475 e. The van der Waals surface area contributed by atoms with Gasteiger partial charge in [0.05, 0.1) is 0 Å². The van der Waals surface area contributed by atoms with E-state index in [0.29, 0.717) is 0 Å². The lowest BCUT2D eigenvalue weighted by atomic mass is 10.1. The molecule has 0 fully saturated rings. The SMILES string of the molecule is CC(C)C(=O)C(=O)O.CC(C)C(=O)C(=O)O.O[B]O. The van der Waals surface area contributed by atoms with Crippen LogP contribution in [-0.2, 0) is 19.2 Å². The van der Waals surface area contributed by atoms with Crippen molar-refractivity contribution in [2.45, 2.75) is 27.7 Å². The molecule has 0 rings (SSSR count). The molecule has 0 spiro atoms. The Kier molecular flexibility index (Phi) is 15.0. The highest BCUT2D eigenvalue weighted by molar-refractivity contribution is 6.33. The first-order chi connectivity index (χ1) is 8.52. The number of carbonyl (C=O) groups is 4. The van der Waals surface area contributed by atoms with Gasteiger partial charge < -0.3 is 20.3 Å². The highest BCUT2D eigenvalue weighted by atomic mass is 16.4. The Morgan fingerprint density at radius 3 is 0.895 bits per heavy atom. The summed E-state index contributed by atoms with van der Waals surface area (Å²) in [5.41, 5.74) is 0. The molecule has 19 heavy (non-hydrogen) atoms. The van der Waals surface area contributed by atoms with Gasteiger partial charge in [-0.3, -0.25) is 9.59 Å². The van der Waals surface area contributed by atoms with Gasteiger partial charge in [0, 0.05) is 11.8 Å². The monoisotopic (exact) mass is 277 g/mol. The zero-order valence-electron chi connectivity index (χ0n) is 11.2. The molecule has 0 aromatic rings. The molecular formula is C10H18BO8. The van der Waals surface area contributed by atoms with Crippen LogP contribution in [0, 0.1) is 11.8 Å². The maximum Gasteiger partial charge on any atom is 0.482 e. The minimum absolute atomic E-state index is 0. The highest BCUT2D eigenvalue weighted by Gasteiger charge is 2.15. The Labute approximate surface area is 111 Å². The summed E-state index contributed by atoms with van der Waals surface area (Å²) in [6, 6.07) is 0. The van der Waals surface area contributed by atoms with E-state index in [4.69, 9.17) is 20.3 Å². The summed E-state index contributed by atoms with van der Waals surface area (Å²) >= 11 is 0. The number of carboxylic acid groups (broad SMARTS) is 2. The molecule has 0 saturated carbocycles. The molecule has 0 amide bonds. The molecule has 0 aliphatic carbocycles. The topological polar surface area (TPSA) is 149 Å². The van der Waals surface area contributed by atoms with E-state index >= 15 is 0 Å². The second-order valence-corrected chi connectivity index (χ2v) is 3.76. The van der Waals surface area contributed by atoms with Crippen molar-refractivity contribution in [1.82, 2.24) is 0 Å². The summed E-state index contributed by atoms with van der Waals surface area (Å²) in [6.07, 6.45) is 0. The first-order valence-electron chi connectivity index (χ1n) is 5.17. The van der Waals surface area contributed by atoms with E-state index in [-0.39, 0.29) is 7.69 Å². The van der Waals surface area contributed by atoms with Crippen molar-refractivity contribution in [3.05, 3.63) is 0 Å². The Morgan fingerprint density at radius 1 is 0.737 bits per heavy atom. The van der Waals surface area contributed by atoms with Gasteiger partial charge >= 0.3 is 19.6 Å².